The van der Waals surface area contributed by atoms with Crippen molar-refractivity contribution in [2.75, 3.05) is 11.1 Å². The Morgan fingerprint density at radius 1 is 1.04 bits per heavy atom. The number of nitrogens with zero attached hydrogens (tertiary/aromatic N) is 1. The maximum atomic E-state index is 12.2. The molecule has 0 unspecified atom stereocenters. The van der Waals surface area contributed by atoms with Crippen molar-refractivity contribution in [1.29, 1.82) is 0 Å². The van der Waals surface area contributed by atoms with E-state index in [0.717, 1.165) is 21.6 Å². The molecule has 0 bridgehead atoms. The van der Waals surface area contributed by atoms with Gasteiger partial charge in [-0.15, -0.1) is 0 Å². The third-order valence-corrected chi connectivity index (χ3v) is 5.19. The summed E-state index contributed by atoms with van der Waals surface area (Å²) in [6.45, 7) is 0. The third-order valence-electron chi connectivity index (χ3n) is 3.15. The lowest BCUT2D eigenvalue weighted by molar-refractivity contribution is -0.113. The van der Waals surface area contributed by atoms with E-state index in [1.807, 2.05) is 54.6 Å². The fraction of sp³-hybridized carbons (Fsp3) is 0.0588. The van der Waals surface area contributed by atoms with Crippen LogP contribution in [0.15, 0.2) is 79.0 Å². The van der Waals surface area contributed by atoms with Gasteiger partial charge in [0.15, 0.2) is 5.03 Å². The first kappa shape index (κ1) is 18.0. The minimum absolute atomic E-state index is 0.00748. The molecule has 0 atom stereocenters. The molecule has 0 radical (unpaired) electrons. The first-order valence-electron chi connectivity index (χ1n) is 7.55. The second kappa shape index (κ2) is 8.54. The van der Waals surface area contributed by atoms with Crippen LogP contribution in [0.25, 0.3) is 0 Å². The number of aromatic amines is 2. The normalized spacial score (nSPS) is 10.5. The molecule has 3 aromatic rings. The van der Waals surface area contributed by atoms with Crippen molar-refractivity contribution in [2.24, 2.45) is 0 Å². The van der Waals surface area contributed by atoms with Crippen LogP contribution in [0, 0.1) is 0 Å². The van der Waals surface area contributed by atoms with Crippen LogP contribution in [-0.4, -0.2) is 26.8 Å². The van der Waals surface area contributed by atoms with Crippen LogP contribution in [-0.2, 0) is 4.79 Å². The summed E-state index contributed by atoms with van der Waals surface area (Å²) in [5.41, 5.74) is -0.613. The standard InChI is InChI=1S/C17H14N4O3S2/c22-14(10-25-16-15(23)19-17(24)21-20-16)18-12-8-4-5-9-13(12)26-11-6-2-1-3-7-11/h1-9H,10H2,(H,18,22)(H2,19,21,23,24). The highest BCUT2D eigenvalue weighted by Gasteiger charge is 2.11. The van der Waals surface area contributed by atoms with Gasteiger partial charge in [-0.2, -0.15) is 5.10 Å². The average molecular weight is 386 g/mol. The Kier molecular flexibility index (Phi) is 5.92. The van der Waals surface area contributed by atoms with E-state index >= 15 is 0 Å². The lowest BCUT2D eigenvalue weighted by Gasteiger charge is -2.10. The lowest BCUT2D eigenvalue weighted by Crippen LogP contribution is -2.25. The predicted molar refractivity (Wildman–Crippen MR) is 102 cm³/mol. The Morgan fingerprint density at radius 3 is 2.54 bits per heavy atom. The molecule has 0 spiro atoms. The maximum absolute atomic E-state index is 12.2. The highest BCUT2D eigenvalue weighted by molar-refractivity contribution is 8.00. The SMILES string of the molecule is O=C(CSc1n[nH]c(=O)[nH]c1=O)Nc1ccccc1Sc1ccccc1. The Balaban J connectivity index is 1.66. The maximum Gasteiger partial charge on any atom is 0.342 e. The van der Waals surface area contributed by atoms with Crippen molar-refractivity contribution in [3.8, 4) is 0 Å². The molecule has 1 aromatic heterocycles. The number of benzene rings is 2. The van der Waals surface area contributed by atoms with Gasteiger partial charge in [0.1, 0.15) is 0 Å². The van der Waals surface area contributed by atoms with Crippen molar-refractivity contribution in [1.82, 2.24) is 15.2 Å². The Hall–Kier alpha value is -2.78. The van der Waals surface area contributed by atoms with E-state index in [0.29, 0.717) is 5.69 Å². The number of aromatic nitrogens is 3. The third kappa shape index (κ3) is 4.87. The predicted octanol–water partition coefficient (Wildman–Crippen LogP) is 2.34. The number of hydrogen-bond donors (Lipinski definition) is 3. The van der Waals surface area contributed by atoms with Crippen molar-refractivity contribution in [2.45, 2.75) is 14.8 Å². The van der Waals surface area contributed by atoms with Crippen LogP contribution in [0.5, 0.6) is 0 Å². The molecular weight excluding hydrogens is 372 g/mol. The van der Waals surface area contributed by atoms with Crippen LogP contribution >= 0.6 is 23.5 Å². The summed E-state index contributed by atoms with van der Waals surface area (Å²) in [6, 6.07) is 17.3. The van der Waals surface area contributed by atoms with E-state index in [4.69, 9.17) is 0 Å². The number of thioether (sulfide) groups is 1. The molecule has 0 aliphatic carbocycles. The molecule has 1 amide bonds. The summed E-state index contributed by atoms with van der Waals surface area (Å²) in [7, 11) is 0. The number of H-pyrrole nitrogens is 2. The van der Waals surface area contributed by atoms with E-state index < -0.39 is 11.2 Å². The zero-order valence-electron chi connectivity index (χ0n) is 13.4. The van der Waals surface area contributed by atoms with Crippen LogP contribution < -0.4 is 16.6 Å². The van der Waals surface area contributed by atoms with Gasteiger partial charge in [-0.1, -0.05) is 53.9 Å². The zero-order chi connectivity index (χ0) is 18.4. The summed E-state index contributed by atoms with van der Waals surface area (Å²) in [4.78, 5) is 38.8. The molecule has 7 nitrogen and oxygen atoms in total. The average Bonchev–Trinajstić information content (AvgIpc) is 2.63. The molecule has 0 fully saturated rings. The molecular formula is C17H14N4O3S2. The zero-order valence-corrected chi connectivity index (χ0v) is 15.0. The number of carbonyl (C=O) groups is 1. The Morgan fingerprint density at radius 2 is 1.77 bits per heavy atom. The van der Waals surface area contributed by atoms with Crippen LogP contribution in [0.1, 0.15) is 0 Å². The Bertz CT molecular complexity index is 1020. The summed E-state index contributed by atoms with van der Waals surface area (Å²) >= 11 is 2.50. The van der Waals surface area contributed by atoms with Crippen molar-refractivity contribution in [3.05, 3.63) is 75.4 Å². The fourth-order valence-electron chi connectivity index (χ4n) is 2.03. The van der Waals surface area contributed by atoms with Crippen molar-refractivity contribution in [3.63, 3.8) is 0 Å². The van der Waals surface area contributed by atoms with E-state index in [9.17, 15) is 14.4 Å². The largest absolute Gasteiger partial charge is 0.342 e. The van der Waals surface area contributed by atoms with E-state index in [-0.39, 0.29) is 16.7 Å². The minimum Gasteiger partial charge on any atom is -0.324 e. The second-order valence-electron chi connectivity index (χ2n) is 5.06. The molecule has 0 aliphatic rings. The van der Waals surface area contributed by atoms with Crippen LogP contribution in [0.4, 0.5) is 5.69 Å². The van der Waals surface area contributed by atoms with E-state index in [2.05, 4.69) is 20.5 Å². The molecule has 3 N–H and O–H groups in total. The number of hydrogen-bond acceptors (Lipinski definition) is 6. The minimum atomic E-state index is -0.685. The Labute approximate surface area is 156 Å². The van der Waals surface area contributed by atoms with Gasteiger partial charge >= 0.3 is 5.69 Å². The smallest absolute Gasteiger partial charge is 0.324 e. The van der Waals surface area contributed by atoms with E-state index in [1.165, 1.54) is 0 Å². The van der Waals surface area contributed by atoms with E-state index in [1.54, 1.807) is 11.8 Å². The molecule has 0 aliphatic heterocycles. The first-order valence-corrected chi connectivity index (χ1v) is 9.35. The molecule has 2 aromatic carbocycles. The lowest BCUT2D eigenvalue weighted by atomic mass is 10.3. The van der Waals surface area contributed by atoms with Gasteiger partial charge in [0.2, 0.25) is 5.91 Å². The molecule has 0 saturated carbocycles. The number of amides is 1. The molecule has 26 heavy (non-hydrogen) atoms. The number of carbonyl (C=O) groups excluding carboxylic acids is 1. The van der Waals surface area contributed by atoms with Crippen LogP contribution in [0.2, 0.25) is 0 Å². The molecule has 1 heterocycles. The van der Waals surface area contributed by atoms with Gasteiger partial charge in [0.25, 0.3) is 5.56 Å². The van der Waals surface area contributed by atoms with Gasteiger partial charge in [0.05, 0.1) is 11.4 Å². The van der Waals surface area contributed by atoms with Crippen molar-refractivity contribution >= 4 is 35.1 Å². The fourth-order valence-corrected chi connectivity index (χ4v) is 3.58. The quantitative estimate of drug-likeness (QED) is 0.561. The number of rotatable bonds is 6. The summed E-state index contributed by atoms with van der Waals surface area (Å²) in [6.07, 6.45) is 0. The molecule has 0 saturated heterocycles. The van der Waals surface area contributed by atoms with Gasteiger partial charge in [-0.25, -0.2) is 9.89 Å². The second-order valence-corrected chi connectivity index (χ2v) is 7.14. The molecule has 132 valence electrons. The van der Waals surface area contributed by atoms with Gasteiger partial charge in [-0.3, -0.25) is 14.6 Å². The topological polar surface area (TPSA) is 108 Å². The molecule has 3 rings (SSSR count). The summed E-state index contributed by atoms with van der Waals surface area (Å²) in [5, 5.41) is 8.63. The summed E-state index contributed by atoms with van der Waals surface area (Å²) < 4.78 is 0. The number of para-hydroxylation sites is 1. The van der Waals surface area contributed by atoms with Gasteiger partial charge in [-0.05, 0) is 24.3 Å². The van der Waals surface area contributed by atoms with Crippen LogP contribution in [0.3, 0.4) is 0 Å². The highest BCUT2D eigenvalue weighted by atomic mass is 32.2. The van der Waals surface area contributed by atoms with Gasteiger partial charge in [0, 0.05) is 9.79 Å². The molecule has 9 heteroatoms. The first-order chi connectivity index (χ1) is 12.6. The number of anilines is 1. The van der Waals surface area contributed by atoms with Gasteiger partial charge < -0.3 is 5.32 Å². The highest BCUT2D eigenvalue weighted by Crippen LogP contribution is 2.33. The van der Waals surface area contributed by atoms with Crippen molar-refractivity contribution < 1.29 is 4.79 Å². The summed E-state index contributed by atoms with van der Waals surface area (Å²) in [5.74, 6) is -0.282. The monoisotopic (exact) mass is 386 g/mol. The number of nitrogens with one attached hydrogen (secondary N) is 3.